The SMILES string of the molecule is CC(=O)N1CC(Nc2ncnc3[nH]ccc23)CCC1C(F)(F)F. The number of rotatable bonds is 2. The molecule has 2 aromatic heterocycles. The van der Waals surface area contributed by atoms with Gasteiger partial charge in [-0.2, -0.15) is 13.2 Å². The van der Waals surface area contributed by atoms with Gasteiger partial charge in [0.25, 0.3) is 0 Å². The molecule has 23 heavy (non-hydrogen) atoms. The van der Waals surface area contributed by atoms with Crippen molar-refractivity contribution in [2.75, 3.05) is 11.9 Å². The van der Waals surface area contributed by atoms with Crippen LogP contribution in [0, 0.1) is 0 Å². The maximum Gasteiger partial charge on any atom is 0.408 e. The smallest absolute Gasteiger partial charge is 0.365 e. The summed E-state index contributed by atoms with van der Waals surface area (Å²) in [5.41, 5.74) is 0.648. The Hall–Kier alpha value is -2.32. The van der Waals surface area contributed by atoms with E-state index in [9.17, 15) is 18.0 Å². The van der Waals surface area contributed by atoms with Gasteiger partial charge < -0.3 is 15.2 Å². The molecule has 0 bridgehead atoms. The Morgan fingerprint density at radius 1 is 1.39 bits per heavy atom. The highest BCUT2D eigenvalue weighted by atomic mass is 19.4. The van der Waals surface area contributed by atoms with Crippen molar-refractivity contribution < 1.29 is 18.0 Å². The maximum atomic E-state index is 13.0. The summed E-state index contributed by atoms with van der Waals surface area (Å²) in [6.07, 6.45) is -1.12. The monoisotopic (exact) mass is 327 g/mol. The van der Waals surface area contributed by atoms with Crippen LogP contribution in [0.4, 0.5) is 19.0 Å². The summed E-state index contributed by atoms with van der Waals surface area (Å²) in [5.74, 6) is -0.0245. The van der Waals surface area contributed by atoms with Crippen molar-refractivity contribution in [3.05, 3.63) is 18.6 Å². The maximum absolute atomic E-state index is 13.0. The van der Waals surface area contributed by atoms with Crippen molar-refractivity contribution in [2.24, 2.45) is 0 Å². The van der Waals surface area contributed by atoms with Crippen LogP contribution in [0.25, 0.3) is 11.0 Å². The highest BCUT2D eigenvalue weighted by Gasteiger charge is 2.47. The molecule has 0 aliphatic carbocycles. The van der Waals surface area contributed by atoms with Gasteiger partial charge in [0.1, 0.15) is 23.8 Å². The lowest BCUT2D eigenvalue weighted by atomic mass is 9.97. The number of amides is 1. The highest BCUT2D eigenvalue weighted by molar-refractivity contribution is 5.86. The Balaban J connectivity index is 1.78. The lowest BCUT2D eigenvalue weighted by molar-refractivity contribution is -0.195. The summed E-state index contributed by atoms with van der Waals surface area (Å²) >= 11 is 0. The molecule has 1 amide bonds. The fourth-order valence-electron chi connectivity index (χ4n) is 2.96. The molecular formula is C14H16F3N5O. The molecule has 3 heterocycles. The first-order valence-electron chi connectivity index (χ1n) is 7.25. The fourth-order valence-corrected chi connectivity index (χ4v) is 2.96. The number of halogens is 3. The van der Waals surface area contributed by atoms with Crippen LogP contribution in [-0.4, -0.2) is 50.6 Å². The minimum absolute atomic E-state index is 0.00453. The van der Waals surface area contributed by atoms with E-state index in [-0.39, 0.29) is 19.0 Å². The first kappa shape index (κ1) is 15.6. The van der Waals surface area contributed by atoms with Gasteiger partial charge in [0, 0.05) is 25.7 Å². The van der Waals surface area contributed by atoms with Crippen LogP contribution in [0.1, 0.15) is 19.8 Å². The molecule has 6 nitrogen and oxygen atoms in total. The molecule has 1 saturated heterocycles. The van der Waals surface area contributed by atoms with Crippen LogP contribution >= 0.6 is 0 Å². The summed E-state index contributed by atoms with van der Waals surface area (Å²) in [7, 11) is 0. The van der Waals surface area contributed by atoms with E-state index in [0.717, 1.165) is 17.2 Å². The van der Waals surface area contributed by atoms with Crippen molar-refractivity contribution in [3.8, 4) is 0 Å². The van der Waals surface area contributed by atoms with Gasteiger partial charge >= 0.3 is 6.18 Å². The largest absolute Gasteiger partial charge is 0.408 e. The Kier molecular flexibility index (Phi) is 3.87. The second kappa shape index (κ2) is 5.71. The molecule has 2 N–H and O–H groups in total. The topological polar surface area (TPSA) is 73.9 Å². The number of carbonyl (C=O) groups is 1. The van der Waals surface area contributed by atoms with Gasteiger partial charge in [-0.25, -0.2) is 9.97 Å². The Bertz CT molecular complexity index is 714. The average molecular weight is 327 g/mol. The molecule has 124 valence electrons. The Morgan fingerprint density at radius 2 is 2.17 bits per heavy atom. The number of alkyl halides is 3. The second-order valence-corrected chi connectivity index (χ2v) is 5.61. The van der Waals surface area contributed by atoms with Crippen molar-refractivity contribution in [3.63, 3.8) is 0 Å². The third-order valence-corrected chi connectivity index (χ3v) is 4.06. The molecule has 9 heteroatoms. The standard InChI is InChI=1S/C14H16F3N5O/c1-8(23)22-6-9(2-3-11(22)14(15,16)17)21-13-10-4-5-18-12(10)19-7-20-13/h4-5,7,9,11H,2-3,6H2,1H3,(H2,18,19,20,21). The number of hydrogen-bond donors (Lipinski definition) is 2. The van der Waals surface area contributed by atoms with Gasteiger partial charge in [0.2, 0.25) is 5.91 Å². The van der Waals surface area contributed by atoms with Crippen LogP contribution < -0.4 is 5.32 Å². The van der Waals surface area contributed by atoms with Crippen LogP contribution in [-0.2, 0) is 4.79 Å². The molecule has 2 atom stereocenters. The quantitative estimate of drug-likeness (QED) is 0.888. The molecule has 0 aromatic carbocycles. The van der Waals surface area contributed by atoms with Gasteiger partial charge in [0.15, 0.2) is 0 Å². The summed E-state index contributed by atoms with van der Waals surface area (Å²) in [5, 5.41) is 3.90. The molecule has 2 aromatic rings. The number of H-pyrrole nitrogens is 1. The predicted molar refractivity (Wildman–Crippen MR) is 77.8 cm³/mol. The van der Waals surface area contributed by atoms with Gasteiger partial charge in [0.05, 0.1) is 5.39 Å². The van der Waals surface area contributed by atoms with E-state index in [1.807, 2.05) is 0 Å². The van der Waals surface area contributed by atoms with E-state index >= 15 is 0 Å². The minimum atomic E-state index is -4.40. The summed E-state index contributed by atoms with van der Waals surface area (Å²) in [6.45, 7) is 1.16. The first-order valence-corrected chi connectivity index (χ1v) is 7.25. The summed E-state index contributed by atoms with van der Waals surface area (Å²) < 4.78 is 39.1. The third-order valence-electron chi connectivity index (χ3n) is 4.06. The van der Waals surface area contributed by atoms with E-state index in [1.165, 1.54) is 6.33 Å². The van der Waals surface area contributed by atoms with Gasteiger partial charge in [-0.1, -0.05) is 0 Å². The van der Waals surface area contributed by atoms with E-state index in [0.29, 0.717) is 17.9 Å². The van der Waals surface area contributed by atoms with Crippen LogP contribution in [0.5, 0.6) is 0 Å². The number of aromatic amines is 1. The number of aromatic nitrogens is 3. The molecule has 1 aliphatic rings. The van der Waals surface area contributed by atoms with E-state index in [2.05, 4.69) is 20.3 Å². The Labute approximate surface area is 130 Å². The number of likely N-dealkylation sites (tertiary alicyclic amines) is 1. The third kappa shape index (κ3) is 3.08. The van der Waals surface area contributed by atoms with Crippen LogP contribution in [0.15, 0.2) is 18.6 Å². The normalized spacial score (nSPS) is 22.3. The highest BCUT2D eigenvalue weighted by Crippen LogP contribution is 2.33. The van der Waals surface area contributed by atoms with Gasteiger partial charge in [-0.15, -0.1) is 0 Å². The molecule has 1 fully saturated rings. The zero-order valence-electron chi connectivity index (χ0n) is 12.4. The van der Waals surface area contributed by atoms with Crippen molar-refractivity contribution in [1.29, 1.82) is 0 Å². The van der Waals surface area contributed by atoms with Crippen LogP contribution in [0.3, 0.4) is 0 Å². The minimum Gasteiger partial charge on any atom is -0.365 e. The molecular weight excluding hydrogens is 311 g/mol. The first-order chi connectivity index (χ1) is 10.9. The molecule has 2 unspecified atom stereocenters. The lowest BCUT2D eigenvalue weighted by Gasteiger charge is -2.40. The number of piperidine rings is 1. The van der Waals surface area contributed by atoms with Crippen molar-refractivity contribution in [1.82, 2.24) is 19.9 Å². The van der Waals surface area contributed by atoms with E-state index in [4.69, 9.17) is 0 Å². The van der Waals surface area contributed by atoms with E-state index in [1.54, 1.807) is 12.3 Å². The van der Waals surface area contributed by atoms with Gasteiger partial charge in [-0.3, -0.25) is 4.79 Å². The molecule has 0 saturated carbocycles. The number of carbonyl (C=O) groups excluding carboxylic acids is 1. The number of nitrogens with one attached hydrogen (secondary N) is 2. The van der Waals surface area contributed by atoms with Crippen molar-refractivity contribution in [2.45, 2.75) is 38.0 Å². The zero-order chi connectivity index (χ0) is 16.6. The number of nitrogens with zero attached hydrogens (tertiary/aromatic N) is 3. The molecule has 3 rings (SSSR count). The second-order valence-electron chi connectivity index (χ2n) is 5.61. The number of fused-ring (bicyclic) bond motifs is 1. The van der Waals surface area contributed by atoms with Gasteiger partial charge in [-0.05, 0) is 18.9 Å². The molecule has 0 spiro atoms. The number of anilines is 1. The summed E-state index contributed by atoms with van der Waals surface area (Å²) in [6, 6.07) is -0.205. The molecule has 0 radical (unpaired) electrons. The van der Waals surface area contributed by atoms with E-state index < -0.39 is 18.1 Å². The average Bonchev–Trinajstić information content (AvgIpc) is 2.95. The number of hydrogen-bond acceptors (Lipinski definition) is 4. The Morgan fingerprint density at radius 3 is 2.87 bits per heavy atom. The zero-order valence-corrected chi connectivity index (χ0v) is 12.4. The fraction of sp³-hybridized carbons (Fsp3) is 0.500. The van der Waals surface area contributed by atoms with Crippen LogP contribution in [0.2, 0.25) is 0 Å². The van der Waals surface area contributed by atoms with Crippen molar-refractivity contribution >= 4 is 22.8 Å². The lowest BCUT2D eigenvalue weighted by Crippen LogP contribution is -2.55. The predicted octanol–water partition coefficient (Wildman–Crippen LogP) is 2.31. The summed E-state index contributed by atoms with van der Waals surface area (Å²) in [4.78, 5) is 23.6. The molecule has 1 aliphatic heterocycles.